The van der Waals surface area contributed by atoms with Crippen LogP contribution >= 0.6 is 23.2 Å². The summed E-state index contributed by atoms with van der Waals surface area (Å²) in [5.74, 6) is 0.168. The largest absolute Gasteiger partial charge is 0.493 e. The van der Waals surface area contributed by atoms with Crippen molar-refractivity contribution in [3.63, 3.8) is 0 Å². The molecule has 0 saturated carbocycles. The van der Waals surface area contributed by atoms with E-state index >= 15 is 0 Å². The van der Waals surface area contributed by atoms with E-state index in [0.29, 0.717) is 60.2 Å². The van der Waals surface area contributed by atoms with Crippen LogP contribution in [-0.4, -0.2) is 20.8 Å². The Balaban J connectivity index is 1.40. The summed E-state index contributed by atoms with van der Waals surface area (Å²) in [7, 11) is 0. The van der Waals surface area contributed by atoms with Gasteiger partial charge < -0.3 is 14.3 Å². The molecule has 1 N–H and O–H groups in total. The molecular weight excluding hydrogens is 560 g/mol. The Morgan fingerprint density at radius 2 is 1.79 bits per heavy atom. The Hall–Kier alpha value is -3.37. The minimum Gasteiger partial charge on any atom is -0.493 e. The number of unbranched alkanes of at least 4 members (excludes halogenated alkanes) is 2. The molecule has 208 valence electrons. The number of fused-ring (bicyclic) bond motifs is 1. The molecule has 0 amide bonds. The predicted molar refractivity (Wildman–Crippen MR) is 143 cm³/mol. The zero-order valence-corrected chi connectivity index (χ0v) is 22.4. The van der Waals surface area contributed by atoms with Gasteiger partial charge >= 0.3 is 17.5 Å². The lowest BCUT2D eigenvalue weighted by Crippen LogP contribution is -2.23. The predicted octanol–water partition coefficient (Wildman–Crippen LogP) is 6.98. The van der Waals surface area contributed by atoms with Gasteiger partial charge in [-0.2, -0.15) is 13.2 Å². The molecule has 2 aromatic heterocycles. The lowest BCUT2D eigenvalue weighted by molar-refractivity contribution is -0.136. The molecule has 12 heteroatoms. The molecule has 0 spiro atoms. The topological polar surface area (TPSA) is 86.6 Å². The first-order chi connectivity index (χ1) is 18.5. The molecule has 4 rings (SSSR count). The SMILES string of the molecule is CCCc1c(OCCCCCn2c(O)cn(-c3ccc(Cl)c(Cl)c3)c2=O)ccc2c(C(F)(F)F)cc(=O)oc12. The second-order valence-corrected chi connectivity index (χ2v) is 9.76. The standard InChI is InChI=1S/C27H25Cl2F3N2O5/c1-2-6-18-22(10-8-17-19(27(30,31)32)14-24(36)39-25(17)18)38-12-5-3-4-11-33-23(35)15-34(26(33)37)16-7-9-20(28)21(29)13-16/h7-10,13-15,35H,2-6,11-12H2,1H3. The number of alkyl halides is 3. The number of aryl methyl sites for hydroxylation is 1. The van der Waals surface area contributed by atoms with Crippen molar-refractivity contribution in [1.82, 2.24) is 9.13 Å². The number of nitrogens with zero attached hydrogens (tertiary/aromatic N) is 2. The first-order valence-electron chi connectivity index (χ1n) is 12.3. The van der Waals surface area contributed by atoms with Crippen LogP contribution in [0.15, 0.2) is 56.6 Å². The maximum absolute atomic E-state index is 13.5. The molecule has 39 heavy (non-hydrogen) atoms. The Labute approximate surface area is 230 Å². The molecule has 2 heterocycles. The number of aromatic nitrogens is 2. The van der Waals surface area contributed by atoms with Gasteiger partial charge in [0.25, 0.3) is 0 Å². The number of benzene rings is 2. The second-order valence-electron chi connectivity index (χ2n) is 8.94. The number of aromatic hydroxyl groups is 1. The quantitative estimate of drug-likeness (QED) is 0.160. The molecule has 2 aromatic carbocycles. The molecule has 0 bridgehead atoms. The number of hydrogen-bond acceptors (Lipinski definition) is 5. The molecule has 0 fully saturated rings. The summed E-state index contributed by atoms with van der Waals surface area (Å²) in [6.07, 6.45) is -0.620. The average Bonchev–Trinajstić information content (AvgIpc) is 3.16. The monoisotopic (exact) mass is 584 g/mol. The summed E-state index contributed by atoms with van der Waals surface area (Å²) < 4.78 is 54.0. The highest BCUT2D eigenvalue weighted by Gasteiger charge is 2.34. The van der Waals surface area contributed by atoms with E-state index in [1.807, 2.05) is 6.92 Å². The third-order valence-electron chi connectivity index (χ3n) is 6.20. The summed E-state index contributed by atoms with van der Waals surface area (Å²) >= 11 is 12.0. The van der Waals surface area contributed by atoms with Crippen molar-refractivity contribution in [2.75, 3.05) is 6.61 Å². The lowest BCUT2D eigenvalue weighted by atomic mass is 10.0. The molecule has 7 nitrogen and oxygen atoms in total. The summed E-state index contributed by atoms with van der Waals surface area (Å²) in [4.78, 5) is 24.6. The summed E-state index contributed by atoms with van der Waals surface area (Å²) in [5.41, 5.74) is -1.77. The summed E-state index contributed by atoms with van der Waals surface area (Å²) in [6, 6.07) is 7.88. The fourth-order valence-electron chi connectivity index (χ4n) is 4.35. The molecule has 0 aliphatic heterocycles. The molecule has 0 unspecified atom stereocenters. The van der Waals surface area contributed by atoms with Gasteiger partial charge in [-0.25, -0.2) is 9.59 Å². The first-order valence-corrected chi connectivity index (χ1v) is 13.0. The average molecular weight is 585 g/mol. The van der Waals surface area contributed by atoms with Crippen LogP contribution in [0.5, 0.6) is 11.6 Å². The van der Waals surface area contributed by atoms with Crippen molar-refractivity contribution in [2.45, 2.75) is 51.7 Å². The third-order valence-corrected chi connectivity index (χ3v) is 6.94. The van der Waals surface area contributed by atoms with E-state index in [2.05, 4.69) is 0 Å². The van der Waals surface area contributed by atoms with Crippen LogP contribution in [-0.2, 0) is 19.1 Å². The van der Waals surface area contributed by atoms with Crippen molar-refractivity contribution >= 4 is 34.2 Å². The normalized spacial score (nSPS) is 11.8. The first kappa shape index (κ1) is 28.6. The van der Waals surface area contributed by atoms with Crippen LogP contribution in [0.1, 0.15) is 43.7 Å². The van der Waals surface area contributed by atoms with Gasteiger partial charge in [0.2, 0.25) is 5.88 Å². The smallest absolute Gasteiger partial charge is 0.417 e. The maximum Gasteiger partial charge on any atom is 0.417 e. The molecule has 0 radical (unpaired) electrons. The minimum absolute atomic E-state index is 0.115. The van der Waals surface area contributed by atoms with E-state index in [1.54, 1.807) is 12.1 Å². The molecule has 0 aliphatic carbocycles. The molecule has 4 aromatic rings. The Morgan fingerprint density at radius 1 is 1.03 bits per heavy atom. The van der Waals surface area contributed by atoms with Crippen LogP contribution in [0.3, 0.4) is 0 Å². The second kappa shape index (κ2) is 11.8. The van der Waals surface area contributed by atoms with E-state index in [4.69, 9.17) is 32.4 Å². The zero-order chi connectivity index (χ0) is 28.3. The van der Waals surface area contributed by atoms with E-state index in [1.165, 1.54) is 33.5 Å². The highest BCUT2D eigenvalue weighted by molar-refractivity contribution is 6.42. The van der Waals surface area contributed by atoms with E-state index < -0.39 is 23.1 Å². The van der Waals surface area contributed by atoms with Crippen molar-refractivity contribution in [3.05, 3.63) is 84.7 Å². The van der Waals surface area contributed by atoms with E-state index in [0.717, 1.165) is 0 Å². The number of ether oxygens (including phenoxy) is 1. The molecular formula is C27H25Cl2F3N2O5. The number of hydrogen-bond donors (Lipinski definition) is 1. The Kier molecular flexibility index (Phi) is 8.66. The Bertz CT molecular complexity index is 1610. The molecule has 0 saturated heterocycles. The van der Waals surface area contributed by atoms with Gasteiger partial charge in [0.15, 0.2) is 0 Å². The van der Waals surface area contributed by atoms with Crippen LogP contribution in [0, 0.1) is 0 Å². The van der Waals surface area contributed by atoms with Crippen molar-refractivity contribution in [3.8, 4) is 17.3 Å². The van der Waals surface area contributed by atoms with Crippen LogP contribution in [0.25, 0.3) is 16.7 Å². The third kappa shape index (κ3) is 6.28. The van der Waals surface area contributed by atoms with Gasteiger partial charge in [0.1, 0.15) is 11.3 Å². The maximum atomic E-state index is 13.5. The van der Waals surface area contributed by atoms with Crippen LogP contribution in [0.4, 0.5) is 13.2 Å². The van der Waals surface area contributed by atoms with E-state index in [9.17, 15) is 27.9 Å². The summed E-state index contributed by atoms with van der Waals surface area (Å²) in [6.45, 7) is 2.39. The highest BCUT2D eigenvalue weighted by atomic mass is 35.5. The lowest BCUT2D eigenvalue weighted by Gasteiger charge is -2.15. The van der Waals surface area contributed by atoms with Gasteiger partial charge in [0.05, 0.1) is 34.1 Å². The fraction of sp³-hybridized carbons (Fsp3) is 0.333. The fourth-order valence-corrected chi connectivity index (χ4v) is 4.64. The van der Waals surface area contributed by atoms with Gasteiger partial charge in [-0.05, 0) is 56.0 Å². The van der Waals surface area contributed by atoms with Gasteiger partial charge in [-0.15, -0.1) is 0 Å². The number of rotatable bonds is 10. The van der Waals surface area contributed by atoms with Gasteiger partial charge in [-0.3, -0.25) is 9.13 Å². The van der Waals surface area contributed by atoms with Crippen molar-refractivity contribution in [1.29, 1.82) is 0 Å². The van der Waals surface area contributed by atoms with Gasteiger partial charge in [-0.1, -0.05) is 36.5 Å². The zero-order valence-electron chi connectivity index (χ0n) is 20.9. The van der Waals surface area contributed by atoms with Crippen molar-refractivity contribution in [2.24, 2.45) is 0 Å². The number of halogens is 5. The molecule has 0 atom stereocenters. The van der Waals surface area contributed by atoms with Gasteiger partial charge in [0, 0.05) is 23.6 Å². The van der Waals surface area contributed by atoms with E-state index in [-0.39, 0.29) is 35.0 Å². The van der Waals surface area contributed by atoms with Crippen LogP contribution < -0.4 is 16.1 Å². The summed E-state index contributed by atoms with van der Waals surface area (Å²) in [5, 5.41) is 10.7. The minimum atomic E-state index is -4.70. The molecule has 0 aliphatic rings. The van der Waals surface area contributed by atoms with Crippen LogP contribution in [0.2, 0.25) is 10.0 Å². The highest BCUT2D eigenvalue weighted by Crippen LogP contribution is 2.37. The Morgan fingerprint density at radius 3 is 2.49 bits per heavy atom. The number of imidazole rings is 1. The van der Waals surface area contributed by atoms with Crippen molar-refractivity contribution < 1.29 is 27.4 Å².